The number of hydrogen-bond acceptors (Lipinski definition) is 4. The molecule has 0 aromatic heterocycles. The van der Waals surface area contributed by atoms with Crippen LogP contribution < -0.4 is 4.74 Å². The molecule has 0 atom stereocenters. The average Bonchev–Trinajstić information content (AvgIpc) is 2.62. The molecule has 0 spiro atoms. The van der Waals surface area contributed by atoms with Gasteiger partial charge in [-0.1, -0.05) is 50.0 Å². The average molecular weight is 387 g/mol. The molecule has 0 saturated heterocycles. The maximum absolute atomic E-state index is 9.10. The third-order valence-electron chi connectivity index (χ3n) is 3.48. The van der Waals surface area contributed by atoms with Crippen molar-refractivity contribution in [1.29, 1.82) is 0 Å². The maximum Gasteiger partial charge on any atom is 0.414 e. The summed E-state index contributed by atoms with van der Waals surface area (Å²) >= 11 is 0. The fourth-order valence-electron chi connectivity index (χ4n) is 2.14. The van der Waals surface area contributed by atoms with Gasteiger partial charge in [0.25, 0.3) is 0 Å². The summed E-state index contributed by atoms with van der Waals surface area (Å²) in [4.78, 5) is 20.4. The zero-order valence-corrected chi connectivity index (χ0v) is 16.8. The van der Waals surface area contributed by atoms with E-state index in [0.29, 0.717) is 19.1 Å². The molecule has 0 aliphatic carbocycles. The monoisotopic (exact) mass is 387 g/mol. The van der Waals surface area contributed by atoms with Crippen molar-refractivity contribution in [2.24, 2.45) is 0 Å². The molecule has 0 radical (unpaired) electrons. The van der Waals surface area contributed by atoms with Crippen LogP contribution in [0.25, 0.3) is 0 Å². The Morgan fingerprint density at radius 3 is 2.18 bits per heavy atom. The van der Waals surface area contributed by atoms with Gasteiger partial charge in [-0.2, -0.15) is 0 Å². The van der Waals surface area contributed by atoms with Crippen molar-refractivity contribution in [3.63, 3.8) is 0 Å². The first kappa shape index (κ1) is 25.0. The fourth-order valence-corrected chi connectivity index (χ4v) is 2.14. The standard InChI is InChI=1S/C20H27NO.C2H2O4/c1-6-12-21(13-7-2)14-8-9-15-22-20-16-18(5)10-11-19(20)17(3)4;3-1(4)2(5)6/h6-7,10-11,16-17H,1-2,12-15H2,3-5H3;(H,3,4)(H,5,6). The first-order chi connectivity index (χ1) is 13.2. The van der Waals surface area contributed by atoms with Crippen LogP contribution in [-0.2, 0) is 9.59 Å². The first-order valence-corrected chi connectivity index (χ1v) is 8.82. The highest BCUT2D eigenvalue weighted by atomic mass is 16.5. The molecule has 0 saturated carbocycles. The number of benzene rings is 1. The van der Waals surface area contributed by atoms with Crippen molar-refractivity contribution < 1.29 is 24.5 Å². The molecule has 0 aliphatic heterocycles. The Morgan fingerprint density at radius 1 is 1.14 bits per heavy atom. The third-order valence-corrected chi connectivity index (χ3v) is 3.48. The van der Waals surface area contributed by atoms with Crippen LogP contribution in [0.1, 0.15) is 30.9 Å². The molecule has 0 bridgehead atoms. The third kappa shape index (κ3) is 10.8. The van der Waals surface area contributed by atoms with Crippen LogP contribution >= 0.6 is 0 Å². The zero-order chi connectivity index (χ0) is 21.5. The van der Waals surface area contributed by atoms with Crippen LogP contribution in [0.3, 0.4) is 0 Å². The Bertz CT molecular complexity index is 706. The number of aliphatic carboxylic acids is 2. The van der Waals surface area contributed by atoms with Crippen LogP contribution in [0.15, 0.2) is 43.5 Å². The Kier molecular flexibility index (Phi) is 12.5. The van der Waals surface area contributed by atoms with Gasteiger partial charge in [0.1, 0.15) is 12.4 Å². The number of carboxylic acid groups (broad SMARTS) is 2. The number of ether oxygens (including phenoxy) is 1. The minimum absolute atomic E-state index is 0.416. The van der Waals surface area contributed by atoms with E-state index in [-0.39, 0.29) is 0 Å². The van der Waals surface area contributed by atoms with E-state index in [1.165, 1.54) is 11.1 Å². The summed E-state index contributed by atoms with van der Waals surface area (Å²) in [6, 6.07) is 6.34. The van der Waals surface area contributed by atoms with E-state index >= 15 is 0 Å². The summed E-state index contributed by atoms with van der Waals surface area (Å²) in [5.74, 6) is 3.97. The summed E-state index contributed by atoms with van der Waals surface area (Å²) in [5.41, 5.74) is 2.43. The predicted molar refractivity (Wildman–Crippen MR) is 111 cm³/mol. The lowest BCUT2D eigenvalue weighted by molar-refractivity contribution is -0.159. The van der Waals surface area contributed by atoms with Crippen molar-refractivity contribution >= 4 is 11.9 Å². The van der Waals surface area contributed by atoms with Gasteiger partial charge in [-0.25, -0.2) is 9.59 Å². The number of carbonyl (C=O) groups is 2. The number of nitrogens with zero attached hydrogens (tertiary/aromatic N) is 1. The Balaban J connectivity index is 0.00000105. The highest BCUT2D eigenvalue weighted by Crippen LogP contribution is 2.27. The van der Waals surface area contributed by atoms with Crippen molar-refractivity contribution in [2.45, 2.75) is 26.7 Å². The van der Waals surface area contributed by atoms with Crippen LogP contribution in [-0.4, -0.2) is 53.3 Å². The van der Waals surface area contributed by atoms with E-state index < -0.39 is 11.9 Å². The molecule has 6 nitrogen and oxygen atoms in total. The van der Waals surface area contributed by atoms with Gasteiger partial charge in [0.15, 0.2) is 0 Å². The molecular weight excluding hydrogens is 358 g/mol. The smallest absolute Gasteiger partial charge is 0.414 e. The molecular formula is C22H29NO5. The lowest BCUT2D eigenvalue weighted by atomic mass is 10.0. The molecule has 0 amide bonds. The highest BCUT2D eigenvalue weighted by Gasteiger charge is 2.07. The number of hydrogen-bond donors (Lipinski definition) is 2. The number of carboxylic acids is 2. The molecule has 152 valence electrons. The second-order valence-electron chi connectivity index (χ2n) is 6.22. The van der Waals surface area contributed by atoms with Crippen molar-refractivity contribution in [3.8, 4) is 17.6 Å². The Hall–Kier alpha value is -3.04. The maximum atomic E-state index is 9.10. The quantitative estimate of drug-likeness (QED) is 0.404. The zero-order valence-electron chi connectivity index (χ0n) is 16.8. The summed E-state index contributed by atoms with van der Waals surface area (Å²) in [5, 5.41) is 14.8. The molecule has 1 rings (SSSR count). The largest absolute Gasteiger partial charge is 0.481 e. The molecule has 0 heterocycles. The molecule has 2 N–H and O–H groups in total. The van der Waals surface area contributed by atoms with Crippen molar-refractivity contribution in [2.75, 3.05) is 26.2 Å². The van der Waals surface area contributed by atoms with E-state index in [9.17, 15) is 0 Å². The van der Waals surface area contributed by atoms with Gasteiger partial charge in [0, 0.05) is 13.1 Å². The predicted octanol–water partition coefficient (Wildman–Crippen LogP) is 3.33. The minimum atomic E-state index is -1.82. The van der Waals surface area contributed by atoms with E-state index in [2.05, 4.69) is 68.9 Å². The van der Waals surface area contributed by atoms with Gasteiger partial charge in [0.05, 0.1) is 6.54 Å². The second-order valence-corrected chi connectivity index (χ2v) is 6.22. The number of aryl methyl sites for hydroxylation is 1. The second kappa shape index (κ2) is 14.1. The van der Waals surface area contributed by atoms with Gasteiger partial charge in [-0.05, 0) is 30.0 Å². The SMILES string of the molecule is C=CCN(CC#CCOc1cc(C)ccc1C(C)C)CC=C.O=C(O)C(=O)O. The summed E-state index contributed by atoms with van der Waals surface area (Å²) in [6.07, 6.45) is 3.76. The normalized spacial score (nSPS) is 9.61. The van der Waals surface area contributed by atoms with E-state index in [1.54, 1.807) is 0 Å². The summed E-state index contributed by atoms with van der Waals surface area (Å²) < 4.78 is 5.85. The molecule has 1 aromatic carbocycles. The highest BCUT2D eigenvalue weighted by molar-refractivity contribution is 6.27. The minimum Gasteiger partial charge on any atom is -0.481 e. The van der Waals surface area contributed by atoms with Crippen molar-refractivity contribution in [1.82, 2.24) is 4.90 Å². The van der Waals surface area contributed by atoms with Gasteiger partial charge in [-0.3, -0.25) is 4.90 Å². The van der Waals surface area contributed by atoms with Crippen LogP contribution in [0.5, 0.6) is 5.75 Å². The van der Waals surface area contributed by atoms with Crippen LogP contribution in [0, 0.1) is 18.8 Å². The summed E-state index contributed by atoms with van der Waals surface area (Å²) in [6.45, 7) is 16.7. The van der Waals surface area contributed by atoms with Gasteiger partial charge in [-0.15, -0.1) is 13.2 Å². The topological polar surface area (TPSA) is 87.1 Å². The van der Waals surface area contributed by atoms with E-state index in [0.717, 1.165) is 18.8 Å². The molecule has 0 aliphatic rings. The lowest BCUT2D eigenvalue weighted by Gasteiger charge is -2.14. The first-order valence-electron chi connectivity index (χ1n) is 8.82. The van der Waals surface area contributed by atoms with Crippen molar-refractivity contribution in [3.05, 3.63) is 54.6 Å². The summed E-state index contributed by atoms with van der Waals surface area (Å²) in [7, 11) is 0. The number of rotatable bonds is 8. The molecule has 1 aromatic rings. The van der Waals surface area contributed by atoms with Crippen LogP contribution in [0.2, 0.25) is 0 Å². The van der Waals surface area contributed by atoms with E-state index in [1.807, 2.05) is 12.2 Å². The van der Waals surface area contributed by atoms with Gasteiger partial charge >= 0.3 is 11.9 Å². The molecule has 0 fully saturated rings. The Morgan fingerprint density at radius 2 is 1.71 bits per heavy atom. The molecule has 0 unspecified atom stereocenters. The molecule has 28 heavy (non-hydrogen) atoms. The van der Waals surface area contributed by atoms with Gasteiger partial charge in [0.2, 0.25) is 0 Å². The fraction of sp³-hybridized carbons (Fsp3) is 0.364. The van der Waals surface area contributed by atoms with Gasteiger partial charge < -0.3 is 14.9 Å². The van der Waals surface area contributed by atoms with Crippen LogP contribution in [0.4, 0.5) is 0 Å². The Labute approximate surface area is 167 Å². The lowest BCUT2D eigenvalue weighted by Crippen LogP contribution is -2.24. The van der Waals surface area contributed by atoms with E-state index in [4.69, 9.17) is 24.5 Å². The molecule has 6 heteroatoms.